The summed E-state index contributed by atoms with van der Waals surface area (Å²) in [7, 11) is 0. The number of aromatic nitrogens is 2. The summed E-state index contributed by atoms with van der Waals surface area (Å²) < 4.78 is 0. The monoisotopic (exact) mass is 290 g/mol. The predicted octanol–water partition coefficient (Wildman–Crippen LogP) is 1.89. The molecule has 1 aliphatic heterocycles. The van der Waals surface area contributed by atoms with Crippen LogP contribution in [0.1, 0.15) is 60.8 Å². The molecular formula is C16H26N4O. The second-order valence-electron chi connectivity index (χ2n) is 6.39. The molecule has 0 bridgehead atoms. The maximum atomic E-state index is 12.4. The quantitative estimate of drug-likeness (QED) is 0.890. The Morgan fingerprint density at radius 2 is 2.00 bits per heavy atom. The lowest BCUT2D eigenvalue weighted by Gasteiger charge is -2.32. The van der Waals surface area contributed by atoms with Crippen molar-refractivity contribution in [1.82, 2.24) is 20.4 Å². The first-order chi connectivity index (χ1) is 10.3. The third kappa shape index (κ3) is 3.28. The number of aryl methyl sites for hydroxylation is 1. The molecule has 5 heteroatoms. The summed E-state index contributed by atoms with van der Waals surface area (Å²) in [5.74, 6) is -0.0155. The van der Waals surface area contributed by atoms with Gasteiger partial charge in [-0.2, -0.15) is 5.10 Å². The first-order valence-electron chi connectivity index (χ1n) is 8.34. The second kappa shape index (κ2) is 6.60. The van der Waals surface area contributed by atoms with Crippen LogP contribution in [-0.4, -0.2) is 46.7 Å². The fraction of sp³-hybridized carbons (Fsp3) is 0.750. The molecule has 1 aromatic heterocycles. The molecule has 5 nitrogen and oxygen atoms in total. The number of amides is 1. The van der Waals surface area contributed by atoms with E-state index in [9.17, 15) is 4.79 Å². The van der Waals surface area contributed by atoms with Gasteiger partial charge in [0.05, 0.1) is 0 Å². The number of fused-ring (bicyclic) bond motifs is 1. The SMILES string of the molecule is CC(CNC(=O)c1n[nH]c2c1CCCC2)N1CCCCC1. The molecule has 1 fully saturated rings. The van der Waals surface area contributed by atoms with Gasteiger partial charge < -0.3 is 5.32 Å². The normalized spacial score (nSPS) is 20.8. The fourth-order valence-corrected chi connectivity index (χ4v) is 3.48. The minimum Gasteiger partial charge on any atom is -0.349 e. The first kappa shape index (κ1) is 14.6. The Hall–Kier alpha value is -1.36. The number of likely N-dealkylation sites (tertiary alicyclic amines) is 1. The van der Waals surface area contributed by atoms with Crippen LogP contribution in [0.2, 0.25) is 0 Å². The van der Waals surface area contributed by atoms with Crippen LogP contribution < -0.4 is 5.32 Å². The molecule has 1 atom stereocenters. The lowest BCUT2D eigenvalue weighted by Crippen LogP contribution is -2.44. The highest BCUT2D eigenvalue weighted by Crippen LogP contribution is 2.22. The topological polar surface area (TPSA) is 61.0 Å². The third-order valence-electron chi connectivity index (χ3n) is 4.84. The molecule has 2 heterocycles. The van der Waals surface area contributed by atoms with E-state index in [1.165, 1.54) is 25.7 Å². The van der Waals surface area contributed by atoms with Gasteiger partial charge in [-0.25, -0.2) is 0 Å². The Morgan fingerprint density at radius 3 is 2.81 bits per heavy atom. The van der Waals surface area contributed by atoms with Crippen LogP contribution in [-0.2, 0) is 12.8 Å². The molecule has 1 aliphatic carbocycles. The van der Waals surface area contributed by atoms with Crippen LogP contribution in [0.15, 0.2) is 0 Å². The van der Waals surface area contributed by atoms with Crippen molar-refractivity contribution in [3.63, 3.8) is 0 Å². The lowest BCUT2D eigenvalue weighted by atomic mass is 9.96. The molecule has 1 unspecified atom stereocenters. The molecule has 1 amide bonds. The van der Waals surface area contributed by atoms with E-state index >= 15 is 0 Å². The molecule has 2 aliphatic rings. The summed E-state index contributed by atoms with van der Waals surface area (Å²) in [6.07, 6.45) is 8.28. The summed E-state index contributed by atoms with van der Waals surface area (Å²) in [6, 6.07) is 0.406. The van der Waals surface area contributed by atoms with Gasteiger partial charge in [0.2, 0.25) is 0 Å². The Labute approximate surface area is 126 Å². The van der Waals surface area contributed by atoms with E-state index in [1.807, 2.05) is 0 Å². The predicted molar refractivity (Wildman–Crippen MR) is 82.4 cm³/mol. The highest BCUT2D eigenvalue weighted by molar-refractivity contribution is 5.94. The van der Waals surface area contributed by atoms with Gasteiger partial charge in [0.1, 0.15) is 0 Å². The van der Waals surface area contributed by atoms with E-state index in [-0.39, 0.29) is 5.91 Å². The Morgan fingerprint density at radius 1 is 1.24 bits per heavy atom. The molecule has 1 aromatic rings. The van der Waals surface area contributed by atoms with Crippen LogP contribution in [0.5, 0.6) is 0 Å². The number of hydrogen-bond acceptors (Lipinski definition) is 3. The Bertz CT molecular complexity index is 490. The minimum atomic E-state index is -0.0155. The highest BCUT2D eigenvalue weighted by atomic mass is 16.1. The Balaban J connectivity index is 1.55. The maximum Gasteiger partial charge on any atom is 0.272 e. The largest absolute Gasteiger partial charge is 0.349 e. The number of hydrogen-bond donors (Lipinski definition) is 2. The zero-order valence-electron chi connectivity index (χ0n) is 13.0. The number of nitrogens with zero attached hydrogens (tertiary/aromatic N) is 2. The van der Waals surface area contributed by atoms with Gasteiger partial charge in [-0.1, -0.05) is 6.42 Å². The first-order valence-corrected chi connectivity index (χ1v) is 8.34. The van der Waals surface area contributed by atoms with Crippen molar-refractivity contribution in [2.24, 2.45) is 0 Å². The molecule has 2 N–H and O–H groups in total. The van der Waals surface area contributed by atoms with Crippen LogP contribution >= 0.6 is 0 Å². The minimum absolute atomic E-state index is 0.0155. The van der Waals surface area contributed by atoms with Gasteiger partial charge in [0.25, 0.3) is 5.91 Å². The van der Waals surface area contributed by atoms with Crippen molar-refractivity contribution >= 4 is 5.91 Å². The van der Waals surface area contributed by atoms with Gasteiger partial charge >= 0.3 is 0 Å². The van der Waals surface area contributed by atoms with Gasteiger partial charge in [0, 0.05) is 23.8 Å². The summed E-state index contributed by atoms with van der Waals surface area (Å²) in [5.41, 5.74) is 2.93. The molecule has 1 saturated heterocycles. The van der Waals surface area contributed by atoms with Gasteiger partial charge in [-0.15, -0.1) is 0 Å². The van der Waals surface area contributed by atoms with Crippen molar-refractivity contribution < 1.29 is 4.79 Å². The van der Waals surface area contributed by atoms with Gasteiger partial charge in [-0.05, 0) is 58.5 Å². The highest BCUT2D eigenvalue weighted by Gasteiger charge is 2.23. The van der Waals surface area contributed by atoms with E-state index in [1.54, 1.807) is 0 Å². The summed E-state index contributed by atoms with van der Waals surface area (Å²) in [4.78, 5) is 14.8. The molecule has 0 saturated carbocycles. The molecule has 21 heavy (non-hydrogen) atoms. The molecule has 3 rings (SSSR count). The molecule has 116 valence electrons. The summed E-state index contributed by atoms with van der Waals surface area (Å²) in [6.45, 7) is 5.23. The lowest BCUT2D eigenvalue weighted by molar-refractivity contribution is 0.0924. The average molecular weight is 290 g/mol. The van der Waals surface area contributed by atoms with Crippen molar-refractivity contribution in [1.29, 1.82) is 0 Å². The number of H-pyrrole nitrogens is 1. The molecule has 0 radical (unpaired) electrons. The second-order valence-corrected chi connectivity index (χ2v) is 6.39. The van der Waals surface area contributed by atoms with E-state index in [2.05, 4.69) is 27.3 Å². The van der Waals surface area contributed by atoms with E-state index in [4.69, 9.17) is 0 Å². The van der Waals surface area contributed by atoms with Crippen molar-refractivity contribution in [2.75, 3.05) is 19.6 Å². The Kier molecular flexibility index (Phi) is 4.58. The zero-order chi connectivity index (χ0) is 14.7. The maximum absolute atomic E-state index is 12.4. The number of carbonyl (C=O) groups excluding carboxylic acids is 1. The smallest absolute Gasteiger partial charge is 0.272 e. The number of carbonyl (C=O) groups is 1. The van der Waals surface area contributed by atoms with Gasteiger partial charge in [0.15, 0.2) is 5.69 Å². The number of rotatable bonds is 4. The van der Waals surface area contributed by atoms with Crippen LogP contribution in [0.25, 0.3) is 0 Å². The van der Waals surface area contributed by atoms with E-state index in [0.717, 1.165) is 43.6 Å². The fourth-order valence-electron chi connectivity index (χ4n) is 3.48. The van der Waals surface area contributed by atoms with Crippen LogP contribution in [0.3, 0.4) is 0 Å². The zero-order valence-corrected chi connectivity index (χ0v) is 13.0. The van der Waals surface area contributed by atoms with E-state index in [0.29, 0.717) is 18.3 Å². The summed E-state index contributed by atoms with van der Waals surface area (Å²) >= 11 is 0. The van der Waals surface area contributed by atoms with Crippen molar-refractivity contribution in [2.45, 2.75) is 57.9 Å². The summed E-state index contributed by atoms with van der Waals surface area (Å²) in [5, 5.41) is 10.3. The molecule has 0 aromatic carbocycles. The van der Waals surface area contributed by atoms with Crippen LogP contribution in [0.4, 0.5) is 0 Å². The van der Waals surface area contributed by atoms with Crippen LogP contribution in [0, 0.1) is 0 Å². The number of nitrogens with one attached hydrogen (secondary N) is 2. The van der Waals surface area contributed by atoms with Gasteiger partial charge in [-0.3, -0.25) is 14.8 Å². The molecular weight excluding hydrogens is 264 g/mol. The number of aromatic amines is 1. The standard InChI is InChI=1S/C16H26N4O/c1-12(20-9-5-2-6-10-20)11-17-16(21)15-13-7-3-4-8-14(13)18-19-15/h12H,2-11H2,1H3,(H,17,21)(H,18,19). The van der Waals surface area contributed by atoms with E-state index < -0.39 is 0 Å². The molecule has 0 spiro atoms. The number of piperidine rings is 1. The average Bonchev–Trinajstić information content (AvgIpc) is 2.97. The third-order valence-corrected chi connectivity index (χ3v) is 4.84. The van der Waals surface area contributed by atoms with Crippen molar-refractivity contribution in [3.05, 3.63) is 17.0 Å². The van der Waals surface area contributed by atoms with Crippen molar-refractivity contribution in [3.8, 4) is 0 Å².